The third-order valence-electron chi connectivity index (χ3n) is 7.27. The molecule has 1 saturated heterocycles. The van der Waals surface area contributed by atoms with E-state index in [1.165, 1.54) is 6.07 Å². The molecule has 230 valence electrons. The van der Waals surface area contributed by atoms with E-state index in [0.29, 0.717) is 40.4 Å². The molecule has 1 amide bonds. The fraction of sp³-hybridized carbons (Fsp3) is 0.303. The van der Waals surface area contributed by atoms with E-state index in [1.807, 2.05) is 43.3 Å². The van der Waals surface area contributed by atoms with Crippen molar-refractivity contribution in [3.05, 3.63) is 78.0 Å². The van der Waals surface area contributed by atoms with E-state index in [2.05, 4.69) is 20.5 Å². The summed E-state index contributed by atoms with van der Waals surface area (Å²) in [7, 11) is 1.59. The summed E-state index contributed by atoms with van der Waals surface area (Å²) in [5, 5.41) is 17.2. The Balaban J connectivity index is 1.20. The smallest absolute Gasteiger partial charge is 0.230 e. The summed E-state index contributed by atoms with van der Waals surface area (Å²) >= 11 is 5.30. The summed E-state index contributed by atoms with van der Waals surface area (Å²) in [5.41, 5.74) is 3.12. The van der Waals surface area contributed by atoms with E-state index in [9.17, 15) is 9.90 Å². The molecule has 3 N–H and O–H groups in total. The highest BCUT2D eigenvalue weighted by Crippen LogP contribution is 2.39. The van der Waals surface area contributed by atoms with Crippen molar-refractivity contribution in [3.63, 3.8) is 0 Å². The largest absolute Gasteiger partial charge is 0.504 e. The van der Waals surface area contributed by atoms with Crippen LogP contribution in [0.25, 0.3) is 10.9 Å². The lowest BCUT2D eigenvalue weighted by molar-refractivity contribution is -0.119. The minimum Gasteiger partial charge on any atom is -0.504 e. The number of phenolic OH excluding ortho intramolecular Hbond substituents is 1. The van der Waals surface area contributed by atoms with Crippen LogP contribution in [0.1, 0.15) is 17.5 Å². The van der Waals surface area contributed by atoms with Gasteiger partial charge < -0.3 is 34.7 Å². The second-order valence-electron chi connectivity index (χ2n) is 10.4. The van der Waals surface area contributed by atoms with Crippen molar-refractivity contribution in [3.8, 4) is 28.7 Å². The van der Waals surface area contributed by atoms with Gasteiger partial charge in [0.05, 0.1) is 38.9 Å². The predicted molar refractivity (Wildman–Crippen MR) is 173 cm³/mol. The van der Waals surface area contributed by atoms with Crippen LogP contribution in [0.2, 0.25) is 0 Å². The number of hydrogen-bond acceptors (Lipinski definition) is 9. The molecule has 11 heteroatoms. The minimum absolute atomic E-state index is 0.110. The zero-order valence-corrected chi connectivity index (χ0v) is 25.6. The second kappa shape index (κ2) is 14.8. The Hall–Kier alpha value is -4.45. The number of nitrogens with zero attached hydrogens (tertiary/aromatic N) is 2. The number of morpholine rings is 1. The highest BCUT2D eigenvalue weighted by molar-refractivity contribution is 7.80. The van der Waals surface area contributed by atoms with Crippen LogP contribution < -0.4 is 24.8 Å². The number of rotatable bonds is 11. The van der Waals surface area contributed by atoms with Gasteiger partial charge in [0.15, 0.2) is 28.1 Å². The zero-order valence-electron chi connectivity index (χ0n) is 24.8. The van der Waals surface area contributed by atoms with E-state index in [4.69, 9.17) is 31.2 Å². The molecule has 1 aromatic heterocycles. The van der Waals surface area contributed by atoms with Crippen LogP contribution >= 0.6 is 12.2 Å². The fourth-order valence-corrected chi connectivity index (χ4v) is 5.13. The third-order valence-corrected chi connectivity index (χ3v) is 7.47. The Bertz CT molecular complexity index is 1630. The number of phenols is 1. The Morgan fingerprint density at radius 3 is 2.64 bits per heavy atom. The fourth-order valence-electron chi connectivity index (χ4n) is 4.90. The number of anilines is 1. The summed E-state index contributed by atoms with van der Waals surface area (Å²) in [4.78, 5) is 19.3. The topological polar surface area (TPSA) is 114 Å². The number of nitrogens with one attached hydrogen (secondary N) is 2. The first-order chi connectivity index (χ1) is 21.4. The maximum atomic E-state index is 12.5. The van der Waals surface area contributed by atoms with Crippen LogP contribution in [-0.4, -0.2) is 72.6 Å². The van der Waals surface area contributed by atoms with Gasteiger partial charge in [-0.2, -0.15) is 0 Å². The molecule has 0 bridgehead atoms. The van der Waals surface area contributed by atoms with Crippen molar-refractivity contribution in [2.45, 2.75) is 19.8 Å². The summed E-state index contributed by atoms with van der Waals surface area (Å²) in [5.74, 6) is 1.54. The predicted octanol–water partition coefficient (Wildman–Crippen LogP) is 5.21. The quantitative estimate of drug-likeness (QED) is 0.153. The van der Waals surface area contributed by atoms with E-state index in [-0.39, 0.29) is 28.9 Å². The number of thiocarbonyl (C=S) groups is 1. The van der Waals surface area contributed by atoms with Crippen molar-refractivity contribution in [1.29, 1.82) is 0 Å². The average Bonchev–Trinajstić information content (AvgIpc) is 3.02. The van der Waals surface area contributed by atoms with Gasteiger partial charge in [-0.15, -0.1) is 0 Å². The molecule has 0 spiro atoms. The molecular formula is C33H36N4O6S. The number of amides is 1. The molecule has 1 aliphatic rings. The van der Waals surface area contributed by atoms with Gasteiger partial charge in [-0.25, -0.2) is 0 Å². The number of fused-ring (bicyclic) bond motifs is 1. The average molecular weight is 617 g/mol. The number of carbonyl (C=O) groups is 1. The van der Waals surface area contributed by atoms with Gasteiger partial charge >= 0.3 is 0 Å². The van der Waals surface area contributed by atoms with E-state index >= 15 is 0 Å². The summed E-state index contributed by atoms with van der Waals surface area (Å²) < 4.78 is 23.2. The van der Waals surface area contributed by atoms with Gasteiger partial charge in [0.25, 0.3) is 0 Å². The first kappa shape index (κ1) is 31.0. The molecule has 0 aliphatic carbocycles. The van der Waals surface area contributed by atoms with Gasteiger partial charge in [-0.1, -0.05) is 24.3 Å². The van der Waals surface area contributed by atoms with E-state index in [1.54, 1.807) is 31.5 Å². The number of methoxy groups -OCH3 is 1. The highest BCUT2D eigenvalue weighted by Gasteiger charge is 2.15. The van der Waals surface area contributed by atoms with E-state index < -0.39 is 0 Å². The maximum Gasteiger partial charge on any atom is 0.230 e. The van der Waals surface area contributed by atoms with Crippen LogP contribution in [-0.2, 0) is 16.0 Å². The number of carbonyl (C=O) groups excluding carboxylic acids is 1. The summed E-state index contributed by atoms with van der Waals surface area (Å²) in [6.07, 6.45) is 2.73. The molecule has 4 aromatic rings. The van der Waals surface area contributed by atoms with Crippen LogP contribution in [0.15, 0.2) is 66.9 Å². The van der Waals surface area contributed by atoms with Crippen molar-refractivity contribution in [1.82, 2.24) is 15.2 Å². The van der Waals surface area contributed by atoms with Crippen LogP contribution in [0.4, 0.5) is 5.69 Å². The molecule has 5 rings (SSSR count). The third kappa shape index (κ3) is 8.13. The molecule has 1 aliphatic heterocycles. The van der Waals surface area contributed by atoms with Crippen molar-refractivity contribution in [2.24, 2.45) is 0 Å². The van der Waals surface area contributed by atoms with Crippen molar-refractivity contribution in [2.75, 3.05) is 51.9 Å². The Labute approximate surface area is 261 Å². The van der Waals surface area contributed by atoms with Crippen molar-refractivity contribution >= 4 is 39.8 Å². The monoisotopic (exact) mass is 616 g/mol. The standard InChI is InChI=1S/C33H36N4O6S/c1-22-6-3-4-7-23(22)18-32(39)36-33(44)35-24-8-9-29(27(38)19-24)43-28-10-11-34-26-21-31(30(40-2)20-25(26)28)42-15-5-12-37-13-16-41-17-14-37/h3-4,6-11,19-21,38H,5,12-18H2,1-2H3,(H2,35,36,39,44). The Morgan fingerprint density at radius 1 is 1.05 bits per heavy atom. The Morgan fingerprint density at radius 2 is 1.86 bits per heavy atom. The maximum absolute atomic E-state index is 12.5. The van der Waals surface area contributed by atoms with Gasteiger partial charge in [0, 0.05) is 49.0 Å². The SMILES string of the molecule is COc1cc2c(Oc3ccc(NC(=S)NC(=O)Cc4ccccc4C)cc3O)ccnc2cc1OCCCN1CCOCC1. The number of ether oxygens (including phenoxy) is 4. The summed E-state index contributed by atoms with van der Waals surface area (Å²) in [6.45, 7) is 6.89. The number of hydrogen-bond donors (Lipinski definition) is 3. The van der Waals surface area contributed by atoms with Crippen LogP contribution in [0.3, 0.4) is 0 Å². The first-order valence-electron chi connectivity index (χ1n) is 14.5. The molecule has 0 saturated carbocycles. The molecule has 2 heterocycles. The normalized spacial score (nSPS) is 13.3. The summed E-state index contributed by atoms with van der Waals surface area (Å²) in [6, 6.07) is 17.8. The molecule has 44 heavy (non-hydrogen) atoms. The number of aromatic nitrogens is 1. The molecule has 1 fully saturated rings. The van der Waals surface area contributed by atoms with Crippen LogP contribution in [0.5, 0.6) is 28.7 Å². The lowest BCUT2D eigenvalue weighted by atomic mass is 10.1. The highest BCUT2D eigenvalue weighted by atomic mass is 32.1. The van der Waals surface area contributed by atoms with Crippen molar-refractivity contribution < 1.29 is 28.8 Å². The number of benzene rings is 3. The first-order valence-corrected chi connectivity index (χ1v) is 14.9. The zero-order chi connectivity index (χ0) is 30.9. The molecule has 3 aromatic carbocycles. The van der Waals surface area contributed by atoms with E-state index in [0.717, 1.165) is 50.4 Å². The number of pyridine rings is 1. The molecule has 0 unspecified atom stereocenters. The lowest BCUT2D eigenvalue weighted by Crippen LogP contribution is -2.37. The Kier molecular flexibility index (Phi) is 10.4. The van der Waals surface area contributed by atoms with Gasteiger partial charge in [0.2, 0.25) is 5.91 Å². The number of aromatic hydroxyl groups is 1. The minimum atomic E-state index is -0.234. The van der Waals surface area contributed by atoms with Gasteiger partial charge in [0.1, 0.15) is 5.75 Å². The molecular weight excluding hydrogens is 580 g/mol. The van der Waals surface area contributed by atoms with Gasteiger partial charge in [-0.3, -0.25) is 14.7 Å². The second-order valence-corrected chi connectivity index (χ2v) is 10.8. The number of aryl methyl sites for hydroxylation is 1. The van der Waals surface area contributed by atoms with Crippen LogP contribution in [0, 0.1) is 6.92 Å². The molecule has 10 nitrogen and oxygen atoms in total. The van der Waals surface area contributed by atoms with Gasteiger partial charge in [-0.05, 0) is 61.0 Å². The lowest BCUT2D eigenvalue weighted by Gasteiger charge is -2.26. The molecule has 0 atom stereocenters. The molecule has 0 radical (unpaired) electrons.